The van der Waals surface area contributed by atoms with Crippen LogP contribution in [0.5, 0.6) is 5.75 Å². The van der Waals surface area contributed by atoms with Gasteiger partial charge in [0, 0.05) is 18.3 Å². The van der Waals surface area contributed by atoms with Crippen molar-refractivity contribution in [1.82, 2.24) is 5.43 Å². The number of ether oxygens (including phenoxy) is 1. The molecule has 2 aromatic carbocycles. The van der Waals surface area contributed by atoms with Crippen LogP contribution < -0.4 is 20.8 Å². The number of hydrogen-bond donors (Lipinski definition) is 3. The van der Waals surface area contributed by atoms with Crippen molar-refractivity contribution in [3.8, 4) is 5.75 Å². The van der Waals surface area contributed by atoms with Gasteiger partial charge in [-0.05, 0) is 53.4 Å². The molecular formula is C22H18N4O5S. The Kier molecular flexibility index (Phi) is 7.44. The molecule has 9 nitrogen and oxygen atoms in total. The number of carbonyl (C=O) groups is 4. The molecule has 3 aromatic rings. The van der Waals surface area contributed by atoms with Crippen LogP contribution >= 0.6 is 11.3 Å². The lowest BCUT2D eigenvalue weighted by atomic mass is 10.2. The molecule has 0 aliphatic heterocycles. The Morgan fingerprint density at radius 1 is 0.906 bits per heavy atom. The Balaban J connectivity index is 1.51. The van der Waals surface area contributed by atoms with Crippen molar-refractivity contribution in [3.05, 3.63) is 76.5 Å². The van der Waals surface area contributed by atoms with E-state index < -0.39 is 17.8 Å². The maximum atomic E-state index is 12.0. The molecule has 1 heterocycles. The molecule has 0 aliphatic carbocycles. The molecule has 10 heteroatoms. The number of carbonyl (C=O) groups excluding carboxylic acids is 4. The van der Waals surface area contributed by atoms with Crippen LogP contribution in [0.3, 0.4) is 0 Å². The number of benzene rings is 2. The van der Waals surface area contributed by atoms with Gasteiger partial charge in [-0.1, -0.05) is 18.2 Å². The number of hydrazone groups is 1. The van der Waals surface area contributed by atoms with E-state index in [-0.39, 0.29) is 5.91 Å². The van der Waals surface area contributed by atoms with Crippen LogP contribution in [-0.2, 0) is 14.4 Å². The summed E-state index contributed by atoms with van der Waals surface area (Å²) in [7, 11) is 0. The largest absolute Gasteiger partial charge is 0.422 e. The number of anilines is 2. The Labute approximate surface area is 187 Å². The second-order valence-corrected chi connectivity index (χ2v) is 7.30. The third-order valence-electron chi connectivity index (χ3n) is 3.84. The first-order valence-corrected chi connectivity index (χ1v) is 10.2. The van der Waals surface area contributed by atoms with E-state index in [1.54, 1.807) is 66.0 Å². The smallest absolute Gasteiger partial charge is 0.353 e. The van der Waals surface area contributed by atoms with Crippen LogP contribution in [0.2, 0.25) is 0 Å². The maximum absolute atomic E-state index is 12.0. The summed E-state index contributed by atoms with van der Waals surface area (Å²) in [4.78, 5) is 47.4. The third-order valence-corrected chi connectivity index (χ3v) is 4.69. The van der Waals surface area contributed by atoms with E-state index in [0.29, 0.717) is 27.6 Å². The monoisotopic (exact) mass is 450 g/mol. The molecular weight excluding hydrogens is 432 g/mol. The van der Waals surface area contributed by atoms with E-state index >= 15 is 0 Å². The zero-order chi connectivity index (χ0) is 22.9. The molecule has 3 rings (SSSR count). The highest BCUT2D eigenvalue weighted by atomic mass is 32.1. The van der Waals surface area contributed by atoms with Gasteiger partial charge in [0.15, 0.2) is 0 Å². The van der Waals surface area contributed by atoms with E-state index in [2.05, 4.69) is 21.2 Å². The first-order valence-electron chi connectivity index (χ1n) is 9.28. The summed E-state index contributed by atoms with van der Waals surface area (Å²) in [6, 6.07) is 16.2. The predicted octanol–water partition coefficient (Wildman–Crippen LogP) is 3.01. The van der Waals surface area contributed by atoms with Crippen LogP contribution in [0, 0.1) is 0 Å². The number of rotatable bonds is 6. The zero-order valence-electron chi connectivity index (χ0n) is 16.8. The average Bonchev–Trinajstić information content (AvgIpc) is 3.30. The highest BCUT2D eigenvalue weighted by Gasteiger charge is 2.13. The lowest BCUT2D eigenvalue weighted by Gasteiger charge is -2.06. The van der Waals surface area contributed by atoms with Crippen molar-refractivity contribution < 1.29 is 23.9 Å². The molecule has 3 N–H and O–H groups in total. The molecule has 0 aliphatic rings. The minimum absolute atomic E-state index is 0.217. The highest BCUT2D eigenvalue weighted by Crippen LogP contribution is 2.17. The van der Waals surface area contributed by atoms with E-state index in [1.807, 2.05) is 0 Å². The number of hydrogen-bond acceptors (Lipinski definition) is 7. The predicted molar refractivity (Wildman–Crippen MR) is 121 cm³/mol. The molecule has 0 fully saturated rings. The van der Waals surface area contributed by atoms with Gasteiger partial charge in [0.25, 0.3) is 0 Å². The van der Waals surface area contributed by atoms with Crippen molar-refractivity contribution in [2.45, 2.75) is 6.92 Å². The van der Waals surface area contributed by atoms with Crippen molar-refractivity contribution in [2.75, 3.05) is 10.6 Å². The summed E-state index contributed by atoms with van der Waals surface area (Å²) >= 11 is 1.27. The quantitative estimate of drug-likeness (QED) is 0.175. The molecule has 0 unspecified atom stereocenters. The van der Waals surface area contributed by atoms with Gasteiger partial charge in [0.2, 0.25) is 5.91 Å². The first kappa shape index (κ1) is 22.4. The fraction of sp³-hybridized carbons (Fsp3) is 0.0455. The lowest BCUT2D eigenvalue weighted by molar-refractivity contribution is -0.136. The van der Waals surface area contributed by atoms with Gasteiger partial charge in [0.05, 0.1) is 6.21 Å². The second-order valence-electron chi connectivity index (χ2n) is 6.35. The Morgan fingerprint density at radius 3 is 2.28 bits per heavy atom. The Hall–Kier alpha value is -4.31. The van der Waals surface area contributed by atoms with Crippen LogP contribution in [0.15, 0.2) is 71.1 Å². The summed E-state index contributed by atoms with van der Waals surface area (Å²) in [5.41, 5.74) is 3.62. The maximum Gasteiger partial charge on any atom is 0.353 e. The fourth-order valence-corrected chi connectivity index (χ4v) is 3.05. The Morgan fingerprint density at radius 2 is 1.62 bits per heavy atom. The van der Waals surface area contributed by atoms with Gasteiger partial charge in [-0.25, -0.2) is 10.2 Å². The van der Waals surface area contributed by atoms with Crippen molar-refractivity contribution in [2.24, 2.45) is 5.10 Å². The summed E-state index contributed by atoms with van der Waals surface area (Å²) in [5, 5.41) is 10.5. The van der Waals surface area contributed by atoms with E-state index in [9.17, 15) is 19.2 Å². The van der Waals surface area contributed by atoms with Gasteiger partial charge < -0.3 is 15.4 Å². The lowest BCUT2D eigenvalue weighted by Crippen LogP contribution is -2.32. The molecule has 0 atom stereocenters. The molecule has 0 radical (unpaired) electrons. The molecule has 162 valence electrons. The van der Waals surface area contributed by atoms with Crippen LogP contribution in [0.25, 0.3) is 0 Å². The minimum Gasteiger partial charge on any atom is -0.422 e. The van der Waals surface area contributed by atoms with Gasteiger partial charge in [-0.3, -0.25) is 14.4 Å². The number of nitrogens with zero attached hydrogens (tertiary/aromatic N) is 1. The molecule has 0 bridgehead atoms. The van der Waals surface area contributed by atoms with Crippen molar-refractivity contribution >= 4 is 52.6 Å². The zero-order valence-corrected chi connectivity index (χ0v) is 17.6. The standard InChI is InChI=1S/C22H18N4O5S/c1-14(27)24-16-7-9-17(10-8-16)25-20(28)21(29)26-23-13-15-4-2-5-18(12-15)31-22(30)19-6-3-11-32-19/h2-13H,1H3,(H,24,27)(H,25,28)(H,26,29)/b23-13+. The SMILES string of the molecule is CC(=O)Nc1ccc(NC(=O)C(=O)N/N=C/c2cccc(OC(=O)c3cccs3)c2)cc1. The second kappa shape index (κ2) is 10.6. The average molecular weight is 450 g/mol. The molecule has 3 amide bonds. The number of thiophene rings is 1. The molecule has 0 spiro atoms. The molecule has 0 saturated carbocycles. The summed E-state index contributed by atoms with van der Waals surface area (Å²) < 4.78 is 5.30. The minimum atomic E-state index is -0.965. The third kappa shape index (κ3) is 6.61. The van der Waals surface area contributed by atoms with Crippen molar-refractivity contribution in [1.29, 1.82) is 0 Å². The van der Waals surface area contributed by atoms with Crippen LogP contribution in [0.4, 0.5) is 11.4 Å². The highest BCUT2D eigenvalue weighted by molar-refractivity contribution is 7.12. The molecule has 1 aromatic heterocycles. The summed E-state index contributed by atoms with van der Waals surface area (Å²) in [5.74, 6) is -2.24. The van der Waals surface area contributed by atoms with Crippen LogP contribution in [0.1, 0.15) is 22.2 Å². The molecule has 0 saturated heterocycles. The van der Waals surface area contributed by atoms with E-state index in [0.717, 1.165) is 0 Å². The fourth-order valence-electron chi connectivity index (χ4n) is 2.45. The van der Waals surface area contributed by atoms with Gasteiger partial charge >= 0.3 is 17.8 Å². The first-order chi connectivity index (χ1) is 15.4. The topological polar surface area (TPSA) is 126 Å². The van der Waals surface area contributed by atoms with Crippen molar-refractivity contribution in [3.63, 3.8) is 0 Å². The molecule has 32 heavy (non-hydrogen) atoms. The van der Waals surface area contributed by atoms with E-state index in [1.165, 1.54) is 24.5 Å². The van der Waals surface area contributed by atoms with E-state index in [4.69, 9.17) is 4.74 Å². The normalized spacial score (nSPS) is 10.4. The van der Waals surface area contributed by atoms with Gasteiger partial charge in [-0.15, -0.1) is 11.3 Å². The number of esters is 1. The van der Waals surface area contributed by atoms with Gasteiger partial charge in [0.1, 0.15) is 10.6 Å². The Bertz CT molecular complexity index is 1160. The summed E-state index contributed by atoms with van der Waals surface area (Å²) in [6.07, 6.45) is 1.32. The van der Waals surface area contributed by atoms with Gasteiger partial charge in [-0.2, -0.15) is 5.10 Å². The van der Waals surface area contributed by atoms with Crippen LogP contribution in [-0.4, -0.2) is 29.9 Å². The summed E-state index contributed by atoms with van der Waals surface area (Å²) in [6.45, 7) is 1.38. The number of amides is 3. The number of nitrogens with one attached hydrogen (secondary N) is 3.